The largest absolute Gasteiger partial charge is 0.287 e. The molecule has 16 heavy (non-hydrogen) atoms. The maximum atomic E-state index is 11.2. The highest BCUT2D eigenvalue weighted by molar-refractivity contribution is 7.96. The van der Waals surface area contributed by atoms with E-state index in [1.807, 2.05) is 0 Å². The van der Waals surface area contributed by atoms with E-state index in [2.05, 4.69) is 19.6 Å². The van der Waals surface area contributed by atoms with Crippen LogP contribution < -0.4 is 0 Å². The van der Waals surface area contributed by atoms with Crippen LogP contribution in [-0.2, 0) is 4.79 Å². The Morgan fingerprint density at radius 1 is 0.875 bits per heavy atom. The second-order valence-electron chi connectivity index (χ2n) is 5.97. The fourth-order valence-electron chi connectivity index (χ4n) is 3.59. The van der Waals surface area contributed by atoms with Crippen molar-refractivity contribution in [2.24, 2.45) is 23.7 Å². The van der Waals surface area contributed by atoms with Gasteiger partial charge in [-0.25, -0.2) is 0 Å². The van der Waals surface area contributed by atoms with Crippen molar-refractivity contribution in [1.82, 2.24) is 0 Å². The zero-order valence-electron chi connectivity index (χ0n) is 10.3. The van der Waals surface area contributed by atoms with Gasteiger partial charge in [-0.05, 0) is 56.3 Å². The molecule has 2 heteroatoms. The quantitative estimate of drug-likeness (QED) is 0.720. The first-order valence-corrected chi connectivity index (χ1v) is 7.34. The average Bonchev–Trinajstić information content (AvgIpc) is 2.30. The summed E-state index contributed by atoms with van der Waals surface area (Å²) in [7, 11) is 0. The van der Waals surface area contributed by atoms with E-state index < -0.39 is 0 Å². The molecule has 0 unspecified atom stereocenters. The minimum Gasteiger partial charge on any atom is -0.287 e. The highest BCUT2D eigenvalue weighted by Gasteiger charge is 2.31. The Balaban J connectivity index is 1.78. The summed E-state index contributed by atoms with van der Waals surface area (Å²) >= 11 is 3.97. The normalized spacial score (nSPS) is 40.6. The highest BCUT2D eigenvalue weighted by atomic mass is 32.1. The molecule has 0 radical (unpaired) electrons. The summed E-state index contributed by atoms with van der Waals surface area (Å²) in [4.78, 5) is 11.2. The summed E-state index contributed by atoms with van der Waals surface area (Å²) in [6, 6.07) is 0. The molecule has 2 fully saturated rings. The number of carbonyl (C=O) groups is 1. The molecule has 0 aliphatic heterocycles. The Morgan fingerprint density at radius 2 is 1.31 bits per heavy atom. The maximum absolute atomic E-state index is 11.2. The second-order valence-corrected chi connectivity index (χ2v) is 6.41. The summed E-state index contributed by atoms with van der Waals surface area (Å²) < 4.78 is 0. The summed E-state index contributed by atoms with van der Waals surface area (Å²) in [5.41, 5.74) is 0. The zero-order valence-corrected chi connectivity index (χ0v) is 11.2. The van der Waals surface area contributed by atoms with Crippen LogP contribution >= 0.6 is 12.6 Å². The van der Waals surface area contributed by atoms with E-state index in [0.717, 1.165) is 30.6 Å². The molecule has 0 heterocycles. The van der Waals surface area contributed by atoms with Crippen LogP contribution in [0.1, 0.15) is 58.3 Å². The third-order valence-electron chi connectivity index (χ3n) is 4.85. The molecule has 0 atom stereocenters. The number of carbonyl (C=O) groups excluding carboxylic acids is 1. The zero-order chi connectivity index (χ0) is 11.5. The Bertz CT molecular complexity index is 235. The van der Waals surface area contributed by atoms with Gasteiger partial charge in [0.2, 0.25) is 0 Å². The Hall–Kier alpha value is 0.0200. The van der Waals surface area contributed by atoms with Gasteiger partial charge in [0, 0.05) is 5.92 Å². The van der Waals surface area contributed by atoms with Gasteiger partial charge in [-0.3, -0.25) is 4.79 Å². The van der Waals surface area contributed by atoms with Crippen molar-refractivity contribution < 1.29 is 4.79 Å². The molecule has 2 aliphatic rings. The predicted molar refractivity (Wildman–Crippen MR) is 70.6 cm³/mol. The van der Waals surface area contributed by atoms with Gasteiger partial charge in [-0.15, -0.1) is 12.6 Å². The van der Waals surface area contributed by atoms with Crippen LogP contribution in [0.15, 0.2) is 0 Å². The minimum absolute atomic E-state index is 0.121. The first kappa shape index (κ1) is 12.5. The standard InChI is InChI=1S/C14H24OS/c1-10-2-4-11(5-3-10)12-6-8-13(9-7-12)14(15)16/h10-13H,2-9H2,1H3,(H,15,16). The van der Waals surface area contributed by atoms with Gasteiger partial charge in [-0.1, -0.05) is 19.8 Å². The van der Waals surface area contributed by atoms with E-state index in [-0.39, 0.29) is 11.0 Å². The molecular formula is C14H24OS. The molecule has 2 rings (SSSR count). The van der Waals surface area contributed by atoms with Crippen LogP contribution in [0.5, 0.6) is 0 Å². The van der Waals surface area contributed by atoms with E-state index in [1.54, 1.807) is 0 Å². The molecule has 0 bridgehead atoms. The average molecular weight is 240 g/mol. The van der Waals surface area contributed by atoms with E-state index in [1.165, 1.54) is 38.5 Å². The van der Waals surface area contributed by atoms with Crippen LogP contribution in [0.2, 0.25) is 0 Å². The van der Waals surface area contributed by atoms with Crippen molar-refractivity contribution in [3.8, 4) is 0 Å². The van der Waals surface area contributed by atoms with Crippen molar-refractivity contribution in [2.75, 3.05) is 0 Å². The van der Waals surface area contributed by atoms with Gasteiger partial charge in [0.15, 0.2) is 5.12 Å². The van der Waals surface area contributed by atoms with Crippen molar-refractivity contribution >= 4 is 17.7 Å². The van der Waals surface area contributed by atoms with E-state index in [0.29, 0.717) is 0 Å². The smallest absolute Gasteiger partial charge is 0.188 e. The summed E-state index contributed by atoms with van der Waals surface area (Å²) in [5.74, 6) is 3.09. The highest BCUT2D eigenvalue weighted by Crippen LogP contribution is 2.41. The Kier molecular flexibility index (Phi) is 4.34. The molecule has 92 valence electrons. The van der Waals surface area contributed by atoms with Crippen molar-refractivity contribution in [3.63, 3.8) is 0 Å². The lowest BCUT2D eigenvalue weighted by Gasteiger charge is -2.36. The van der Waals surface area contributed by atoms with Gasteiger partial charge in [0.25, 0.3) is 0 Å². The molecule has 0 aromatic carbocycles. The van der Waals surface area contributed by atoms with Crippen LogP contribution in [0.25, 0.3) is 0 Å². The number of rotatable bonds is 2. The molecule has 0 saturated heterocycles. The van der Waals surface area contributed by atoms with Crippen molar-refractivity contribution in [1.29, 1.82) is 0 Å². The molecule has 2 saturated carbocycles. The topological polar surface area (TPSA) is 17.1 Å². The number of thiol groups is 1. The molecular weight excluding hydrogens is 216 g/mol. The first-order valence-electron chi connectivity index (χ1n) is 6.89. The van der Waals surface area contributed by atoms with Crippen LogP contribution in [-0.4, -0.2) is 5.12 Å². The molecule has 2 aliphatic carbocycles. The number of hydrogen-bond acceptors (Lipinski definition) is 1. The lowest BCUT2D eigenvalue weighted by atomic mass is 9.69. The molecule has 0 aromatic heterocycles. The number of hydrogen-bond donors (Lipinski definition) is 1. The molecule has 1 nitrogen and oxygen atoms in total. The molecule has 0 amide bonds. The third kappa shape index (κ3) is 3.03. The van der Waals surface area contributed by atoms with Gasteiger partial charge < -0.3 is 0 Å². The maximum Gasteiger partial charge on any atom is 0.188 e. The van der Waals surface area contributed by atoms with Crippen LogP contribution in [0, 0.1) is 23.7 Å². The minimum atomic E-state index is 0.121. The van der Waals surface area contributed by atoms with Crippen LogP contribution in [0.3, 0.4) is 0 Å². The fraction of sp³-hybridized carbons (Fsp3) is 0.929. The van der Waals surface area contributed by atoms with Gasteiger partial charge in [0.05, 0.1) is 0 Å². The first-order chi connectivity index (χ1) is 7.66. The van der Waals surface area contributed by atoms with E-state index in [4.69, 9.17) is 0 Å². The Morgan fingerprint density at radius 3 is 1.75 bits per heavy atom. The summed E-state index contributed by atoms with van der Waals surface area (Å²) in [5, 5.41) is 0.121. The monoisotopic (exact) mass is 240 g/mol. The lowest BCUT2D eigenvalue weighted by Crippen LogP contribution is -2.26. The van der Waals surface area contributed by atoms with Crippen molar-refractivity contribution in [2.45, 2.75) is 58.3 Å². The predicted octanol–water partition coefficient (Wildman–Crippen LogP) is 4.08. The fourth-order valence-corrected chi connectivity index (χ4v) is 3.85. The third-order valence-corrected chi connectivity index (χ3v) is 5.21. The van der Waals surface area contributed by atoms with Gasteiger partial charge in [0.1, 0.15) is 0 Å². The summed E-state index contributed by atoms with van der Waals surface area (Å²) in [6.45, 7) is 2.38. The van der Waals surface area contributed by atoms with Gasteiger partial charge >= 0.3 is 0 Å². The van der Waals surface area contributed by atoms with E-state index in [9.17, 15) is 4.79 Å². The molecule has 0 aromatic rings. The second kappa shape index (κ2) is 5.57. The Labute approximate surface area is 105 Å². The lowest BCUT2D eigenvalue weighted by molar-refractivity contribution is -0.115. The SMILES string of the molecule is CC1CCC(C2CCC(C(=O)S)CC2)CC1. The van der Waals surface area contributed by atoms with E-state index >= 15 is 0 Å². The molecule has 0 spiro atoms. The van der Waals surface area contributed by atoms with Crippen molar-refractivity contribution in [3.05, 3.63) is 0 Å². The van der Waals surface area contributed by atoms with Gasteiger partial charge in [-0.2, -0.15) is 0 Å². The molecule has 0 N–H and O–H groups in total. The summed E-state index contributed by atoms with van der Waals surface area (Å²) in [6.07, 6.45) is 10.5. The van der Waals surface area contributed by atoms with Crippen LogP contribution in [0.4, 0.5) is 0 Å².